The zero-order chi connectivity index (χ0) is 19.2. The van der Waals surface area contributed by atoms with E-state index in [0.717, 1.165) is 29.0 Å². The third-order valence-electron chi connectivity index (χ3n) is 4.34. The third-order valence-corrected chi connectivity index (χ3v) is 4.34. The molecule has 0 spiro atoms. The van der Waals surface area contributed by atoms with E-state index in [2.05, 4.69) is 17.4 Å². The maximum Gasteiger partial charge on any atom is 0.234 e. The van der Waals surface area contributed by atoms with Crippen LogP contribution in [0.2, 0.25) is 0 Å². The fourth-order valence-electron chi connectivity index (χ4n) is 3.09. The molecule has 0 fully saturated rings. The number of likely N-dealkylation sites (N-methyl/N-ethyl adjacent to an activating group) is 1. The standard InChI is InChI=1S/C22H26N2O3/c1-4-26-19-12-8-11-18-13-20(27-22(18)19)16(2)23-21(25)15-24(3)14-17-9-6-5-7-10-17/h5-13,16H,4,14-15H2,1-3H3,(H,23,25). The molecule has 1 unspecified atom stereocenters. The van der Waals surface area contributed by atoms with Gasteiger partial charge < -0.3 is 14.5 Å². The van der Waals surface area contributed by atoms with Crippen LogP contribution in [0.3, 0.4) is 0 Å². The van der Waals surface area contributed by atoms with E-state index in [4.69, 9.17) is 9.15 Å². The van der Waals surface area contributed by atoms with E-state index in [-0.39, 0.29) is 11.9 Å². The van der Waals surface area contributed by atoms with Crippen LogP contribution in [0.5, 0.6) is 5.75 Å². The van der Waals surface area contributed by atoms with E-state index < -0.39 is 0 Å². The lowest BCUT2D eigenvalue weighted by Gasteiger charge is -2.18. The first kappa shape index (κ1) is 19.0. The average Bonchev–Trinajstić information content (AvgIpc) is 3.08. The van der Waals surface area contributed by atoms with Crippen LogP contribution in [-0.4, -0.2) is 31.0 Å². The minimum absolute atomic E-state index is 0.0357. The van der Waals surface area contributed by atoms with Gasteiger partial charge in [0.25, 0.3) is 0 Å². The summed E-state index contributed by atoms with van der Waals surface area (Å²) in [6, 6.07) is 17.7. The Balaban J connectivity index is 1.61. The molecule has 0 aliphatic rings. The first-order valence-electron chi connectivity index (χ1n) is 9.24. The van der Waals surface area contributed by atoms with E-state index >= 15 is 0 Å². The second kappa shape index (κ2) is 8.73. The summed E-state index contributed by atoms with van der Waals surface area (Å²) in [7, 11) is 1.94. The third kappa shape index (κ3) is 4.89. The van der Waals surface area contributed by atoms with Gasteiger partial charge in [0.2, 0.25) is 5.91 Å². The number of furan rings is 1. The van der Waals surface area contributed by atoms with Crippen LogP contribution in [-0.2, 0) is 11.3 Å². The van der Waals surface area contributed by atoms with E-state index in [0.29, 0.717) is 13.2 Å². The van der Waals surface area contributed by atoms with Crippen molar-refractivity contribution in [3.63, 3.8) is 0 Å². The highest BCUT2D eigenvalue weighted by atomic mass is 16.5. The molecular weight excluding hydrogens is 340 g/mol. The van der Waals surface area contributed by atoms with Crippen molar-refractivity contribution in [2.45, 2.75) is 26.4 Å². The van der Waals surface area contributed by atoms with Crippen molar-refractivity contribution in [2.75, 3.05) is 20.2 Å². The van der Waals surface area contributed by atoms with Crippen LogP contribution in [0.25, 0.3) is 11.0 Å². The number of benzene rings is 2. The van der Waals surface area contributed by atoms with Crippen molar-refractivity contribution in [2.24, 2.45) is 0 Å². The van der Waals surface area contributed by atoms with Gasteiger partial charge in [0, 0.05) is 11.9 Å². The van der Waals surface area contributed by atoms with E-state index in [1.54, 1.807) is 0 Å². The molecule has 0 radical (unpaired) electrons. The summed E-state index contributed by atoms with van der Waals surface area (Å²) in [6.07, 6.45) is 0. The molecule has 0 saturated carbocycles. The number of carbonyl (C=O) groups is 1. The fourth-order valence-corrected chi connectivity index (χ4v) is 3.09. The highest BCUT2D eigenvalue weighted by molar-refractivity contribution is 5.84. The molecule has 5 heteroatoms. The summed E-state index contributed by atoms with van der Waals surface area (Å²) in [4.78, 5) is 14.4. The molecule has 1 amide bonds. The lowest BCUT2D eigenvalue weighted by molar-refractivity contribution is -0.122. The molecule has 1 N–H and O–H groups in total. The smallest absolute Gasteiger partial charge is 0.234 e. The summed E-state index contributed by atoms with van der Waals surface area (Å²) in [5.74, 6) is 1.41. The Morgan fingerprint density at radius 3 is 2.70 bits per heavy atom. The van der Waals surface area contributed by atoms with Crippen molar-refractivity contribution in [3.8, 4) is 5.75 Å². The van der Waals surface area contributed by atoms with Crippen LogP contribution in [0.4, 0.5) is 0 Å². The van der Waals surface area contributed by atoms with Gasteiger partial charge in [-0.25, -0.2) is 0 Å². The Morgan fingerprint density at radius 2 is 1.96 bits per heavy atom. The first-order valence-corrected chi connectivity index (χ1v) is 9.24. The van der Waals surface area contributed by atoms with Gasteiger partial charge in [-0.05, 0) is 38.6 Å². The number of ether oxygens (including phenoxy) is 1. The topological polar surface area (TPSA) is 54.7 Å². The zero-order valence-corrected chi connectivity index (χ0v) is 16.1. The van der Waals surface area contributed by atoms with Crippen molar-refractivity contribution < 1.29 is 13.9 Å². The van der Waals surface area contributed by atoms with E-state index in [1.807, 2.05) is 68.3 Å². The number of nitrogens with zero attached hydrogens (tertiary/aromatic N) is 1. The summed E-state index contributed by atoms with van der Waals surface area (Å²) in [5.41, 5.74) is 1.90. The van der Waals surface area contributed by atoms with Gasteiger partial charge in [0.05, 0.1) is 19.2 Å². The Bertz CT molecular complexity index is 889. The molecule has 2 aromatic carbocycles. The molecule has 142 valence electrons. The van der Waals surface area contributed by atoms with Gasteiger partial charge in [0.15, 0.2) is 11.3 Å². The van der Waals surface area contributed by atoms with Gasteiger partial charge in [-0.1, -0.05) is 42.5 Å². The number of carbonyl (C=O) groups excluding carboxylic acids is 1. The monoisotopic (exact) mass is 366 g/mol. The average molecular weight is 366 g/mol. The van der Waals surface area contributed by atoms with Crippen molar-refractivity contribution >= 4 is 16.9 Å². The number of hydrogen-bond acceptors (Lipinski definition) is 4. The summed E-state index contributed by atoms with van der Waals surface area (Å²) in [6.45, 7) is 5.49. The van der Waals surface area contributed by atoms with Gasteiger partial charge >= 0.3 is 0 Å². The minimum atomic E-state index is -0.218. The fraction of sp³-hybridized carbons (Fsp3) is 0.318. The van der Waals surface area contributed by atoms with Crippen molar-refractivity contribution in [1.29, 1.82) is 0 Å². The number of fused-ring (bicyclic) bond motifs is 1. The molecule has 1 atom stereocenters. The van der Waals surface area contributed by atoms with Gasteiger partial charge in [-0.15, -0.1) is 0 Å². The van der Waals surface area contributed by atoms with Crippen LogP contribution < -0.4 is 10.1 Å². The number of para-hydroxylation sites is 1. The van der Waals surface area contributed by atoms with Crippen LogP contribution in [0.1, 0.15) is 31.2 Å². The zero-order valence-electron chi connectivity index (χ0n) is 16.1. The van der Waals surface area contributed by atoms with Crippen LogP contribution >= 0.6 is 0 Å². The summed E-state index contributed by atoms with van der Waals surface area (Å²) < 4.78 is 11.6. The number of nitrogens with one attached hydrogen (secondary N) is 1. The van der Waals surface area contributed by atoms with Gasteiger partial charge in [-0.2, -0.15) is 0 Å². The van der Waals surface area contributed by atoms with Gasteiger partial charge in [0.1, 0.15) is 5.76 Å². The number of hydrogen-bond donors (Lipinski definition) is 1. The maximum absolute atomic E-state index is 12.4. The lowest BCUT2D eigenvalue weighted by Crippen LogP contribution is -2.36. The molecular formula is C22H26N2O3. The number of amides is 1. The normalized spacial score (nSPS) is 12.3. The quantitative estimate of drug-likeness (QED) is 0.651. The van der Waals surface area contributed by atoms with E-state index in [1.165, 1.54) is 5.56 Å². The minimum Gasteiger partial charge on any atom is -0.490 e. The number of rotatable bonds is 8. The van der Waals surface area contributed by atoms with Gasteiger partial charge in [-0.3, -0.25) is 9.69 Å². The molecule has 0 aliphatic heterocycles. The largest absolute Gasteiger partial charge is 0.490 e. The summed E-state index contributed by atoms with van der Waals surface area (Å²) >= 11 is 0. The predicted octanol–water partition coefficient (Wildman–Crippen LogP) is 4.14. The predicted molar refractivity (Wildman–Crippen MR) is 107 cm³/mol. The van der Waals surface area contributed by atoms with Crippen molar-refractivity contribution in [1.82, 2.24) is 10.2 Å². The first-order chi connectivity index (χ1) is 13.1. The second-order valence-corrected chi connectivity index (χ2v) is 6.70. The Labute approximate surface area is 159 Å². The lowest BCUT2D eigenvalue weighted by atomic mass is 10.2. The van der Waals surface area contributed by atoms with Crippen molar-refractivity contribution in [3.05, 3.63) is 65.9 Å². The van der Waals surface area contributed by atoms with Crippen LogP contribution in [0, 0.1) is 0 Å². The molecule has 27 heavy (non-hydrogen) atoms. The maximum atomic E-state index is 12.4. The molecule has 0 bridgehead atoms. The van der Waals surface area contributed by atoms with Crippen LogP contribution in [0.15, 0.2) is 59.0 Å². The Hall–Kier alpha value is -2.79. The molecule has 3 rings (SSSR count). The highest BCUT2D eigenvalue weighted by Gasteiger charge is 2.17. The molecule has 0 aliphatic carbocycles. The SMILES string of the molecule is CCOc1cccc2cc(C(C)NC(=O)CN(C)Cc3ccccc3)oc12. The highest BCUT2D eigenvalue weighted by Crippen LogP contribution is 2.31. The van der Waals surface area contributed by atoms with E-state index in [9.17, 15) is 4.79 Å². The molecule has 1 heterocycles. The summed E-state index contributed by atoms with van der Waals surface area (Å²) in [5, 5.41) is 3.98. The Morgan fingerprint density at radius 1 is 1.19 bits per heavy atom. The molecule has 5 nitrogen and oxygen atoms in total. The second-order valence-electron chi connectivity index (χ2n) is 6.70. The molecule has 0 saturated heterocycles. The Kier molecular flexibility index (Phi) is 6.14. The molecule has 1 aromatic heterocycles. The molecule has 3 aromatic rings.